The molecule has 0 saturated heterocycles. The summed E-state index contributed by atoms with van der Waals surface area (Å²) in [5, 5.41) is 2.76. The topological polar surface area (TPSA) is 101 Å². The Morgan fingerprint density at radius 3 is 2.78 bits per heavy atom. The molecule has 1 unspecified atom stereocenters. The molecule has 0 bridgehead atoms. The van der Waals surface area contributed by atoms with E-state index in [0.717, 1.165) is 36.2 Å². The summed E-state index contributed by atoms with van der Waals surface area (Å²) in [5.41, 5.74) is 2.61. The predicted molar refractivity (Wildman–Crippen MR) is 104 cm³/mol. The molecule has 142 valence electrons. The molecule has 1 atom stereocenters. The van der Waals surface area contributed by atoms with Gasteiger partial charge in [-0.25, -0.2) is 27.9 Å². The molecule has 4 rings (SSSR count). The van der Waals surface area contributed by atoms with E-state index in [1.807, 2.05) is 26.0 Å². The Labute approximate surface area is 162 Å². The van der Waals surface area contributed by atoms with Gasteiger partial charge < -0.3 is 0 Å². The monoisotopic (exact) mass is 404 g/mol. The van der Waals surface area contributed by atoms with Crippen molar-refractivity contribution in [1.82, 2.24) is 14.7 Å². The molecular formula is C18H20N4O3S2. The van der Waals surface area contributed by atoms with Gasteiger partial charge in [0.2, 0.25) is 5.95 Å². The van der Waals surface area contributed by atoms with Gasteiger partial charge in [-0.05, 0) is 43.9 Å². The summed E-state index contributed by atoms with van der Waals surface area (Å²) in [6.45, 7) is 3.87. The highest BCUT2D eigenvalue weighted by Crippen LogP contribution is 2.41. The SMILES string of the molecule is Cc1cc(C2CC2)nc(NC(=O)NS(=O)(=O)c2cccc3c2SC(C)C3)n1. The minimum atomic E-state index is -3.99. The summed E-state index contributed by atoms with van der Waals surface area (Å²) in [5.74, 6) is 0.524. The van der Waals surface area contributed by atoms with Crippen LogP contribution in [-0.2, 0) is 16.4 Å². The molecule has 2 aromatic rings. The van der Waals surface area contributed by atoms with Crippen LogP contribution in [0.5, 0.6) is 0 Å². The van der Waals surface area contributed by atoms with Crippen molar-refractivity contribution < 1.29 is 13.2 Å². The Morgan fingerprint density at radius 1 is 1.26 bits per heavy atom. The number of aromatic nitrogens is 2. The highest BCUT2D eigenvalue weighted by atomic mass is 32.2. The molecule has 27 heavy (non-hydrogen) atoms. The number of urea groups is 1. The third-order valence-corrected chi connectivity index (χ3v) is 7.29. The third kappa shape index (κ3) is 3.93. The molecule has 7 nitrogen and oxygen atoms in total. The zero-order chi connectivity index (χ0) is 19.2. The van der Waals surface area contributed by atoms with Crippen molar-refractivity contribution in [2.24, 2.45) is 0 Å². The molecular weight excluding hydrogens is 384 g/mol. The molecule has 2 amide bonds. The van der Waals surface area contributed by atoms with Crippen LogP contribution in [0.15, 0.2) is 34.1 Å². The zero-order valence-electron chi connectivity index (χ0n) is 15.0. The quantitative estimate of drug-likeness (QED) is 0.811. The van der Waals surface area contributed by atoms with Crippen LogP contribution < -0.4 is 10.0 Å². The molecule has 1 aromatic carbocycles. The second-order valence-electron chi connectivity index (χ2n) is 6.97. The van der Waals surface area contributed by atoms with Crippen LogP contribution in [0.3, 0.4) is 0 Å². The fourth-order valence-corrected chi connectivity index (χ4v) is 5.82. The number of rotatable bonds is 4. The molecule has 1 aliphatic carbocycles. The van der Waals surface area contributed by atoms with Crippen molar-refractivity contribution in [2.75, 3.05) is 5.32 Å². The van der Waals surface area contributed by atoms with E-state index in [2.05, 4.69) is 20.0 Å². The van der Waals surface area contributed by atoms with Crippen molar-refractivity contribution in [3.8, 4) is 0 Å². The maximum absolute atomic E-state index is 12.7. The van der Waals surface area contributed by atoms with Crippen LogP contribution >= 0.6 is 11.8 Å². The van der Waals surface area contributed by atoms with Crippen LogP contribution in [0.4, 0.5) is 10.7 Å². The summed E-state index contributed by atoms with van der Waals surface area (Å²) in [6, 6.07) is 6.17. The Morgan fingerprint density at radius 2 is 2.04 bits per heavy atom. The van der Waals surface area contributed by atoms with Crippen molar-refractivity contribution in [3.63, 3.8) is 0 Å². The Balaban J connectivity index is 1.52. The molecule has 0 spiro atoms. The largest absolute Gasteiger partial charge is 0.335 e. The van der Waals surface area contributed by atoms with Gasteiger partial charge in [-0.2, -0.15) is 0 Å². The number of fused-ring (bicyclic) bond motifs is 1. The van der Waals surface area contributed by atoms with Crippen LogP contribution in [0.25, 0.3) is 0 Å². The molecule has 1 fully saturated rings. The third-order valence-electron chi connectivity index (χ3n) is 4.50. The molecule has 1 aromatic heterocycles. The normalized spacial score (nSPS) is 18.8. The number of carbonyl (C=O) groups excluding carboxylic acids is 1. The lowest BCUT2D eigenvalue weighted by atomic mass is 10.1. The van der Waals surface area contributed by atoms with Crippen LogP contribution in [0, 0.1) is 6.92 Å². The lowest BCUT2D eigenvalue weighted by molar-refractivity contribution is 0.256. The predicted octanol–water partition coefficient (Wildman–Crippen LogP) is 3.21. The highest BCUT2D eigenvalue weighted by molar-refractivity contribution is 8.01. The number of anilines is 1. The maximum atomic E-state index is 12.7. The Kier molecular flexibility index (Phi) is 4.59. The first kappa shape index (κ1) is 18.2. The van der Waals surface area contributed by atoms with Crippen LogP contribution in [0.2, 0.25) is 0 Å². The summed E-state index contributed by atoms with van der Waals surface area (Å²) < 4.78 is 27.5. The van der Waals surface area contributed by atoms with E-state index < -0.39 is 16.1 Å². The van der Waals surface area contributed by atoms with Gasteiger partial charge >= 0.3 is 6.03 Å². The number of nitrogens with zero attached hydrogens (tertiary/aromatic N) is 2. The minimum Gasteiger partial charge on any atom is -0.275 e. The molecule has 1 saturated carbocycles. The van der Waals surface area contributed by atoms with Crippen molar-refractivity contribution in [2.45, 2.75) is 54.1 Å². The second kappa shape index (κ2) is 6.79. The number of aryl methyl sites for hydroxylation is 1. The van der Waals surface area contributed by atoms with Crippen molar-refractivity contribution in [3.05, 3.63) is 41.2 Å². The average molecular weight is 405 g/mol. The van der Waals surface area contributed by atoms with Gasteiger partial charge in [0.15, 0.2) is 0 Å². The number of thioether (sulfide) groups is 1. The first-order valence-electron chi connectivity index (χ1n) is 8.80. The smallest absolute Gasteiger partial charge is 0.275 e. The molecule has 1 aliphatic heterocycles. The van der Waals surface area contributed by atoms with Crippen molar-refractivity contribution >= 4 is 33.8 Å². The molecule has 0 radical (unpaired) electrons. The van der Waals surface area contributed by atoms with E-state index in [-0.39, 0.29) is 10.8 Å². The summed E-state index contributed by atoms with van der Waals surface area (Å²) in [7, 11) is -3.99. The summed E-state index contributed by atoms with van der Waals surface area (Å²) in [4.78, 5) is 21.6. The van der Waals surface area contributed by atoms with E-state index in [1.165, 1.54) is 17.8 Å². The Hall–Kier alpha value is -2.13. The van der Waals surface area contributed by atoms with Crippen molar-refractivity contribution in [1.29, 1.82) is 0 Å². The highest BCUT2D eigenvalue weighted by Gasteiger charge is 2.29. The molecule has 2 N–H and O–H groups in total. The summed E-state index contributed by atoms with van der Waals surface area (Å²) in [6.07, 6.45) is 2.97. The lowest BCUT2D eigenvalue weighted by Crippen LogP contribution is -2.35. The van der Waals surface area contributed by atoms with Gasteiger partial charge in [0.05, 0.1) is 0 Å². The van der Waals surface area contributed by atoms with E-state index in [1.54, 1.807) is 6.07 Å². The fourth-order valence-electron chi connectivity index (χ4n) is 3.16. The number of benzene rings is 1. The fraction of sp³-hybridized carbons (Fsp3) is 0.389. The average Bonchev–Trinajstić information content (AvgIpc) is 3.34. The zero-order valence-corrected chi connectivity index (χ0v) is 16.7. The number of hydrogen-bond donors (Lipinski definition) is 2. The first-order chi connectivity index (χ1) is 12.8. The number of hydrogen-bond acceptors (Lipinski definition) is 6. The van der Waals surface area contributed by atoms with Crippen LogP contribution in [-0.4, -0.2) is 29.7 Å². The van der Waals surface area contributed by atoms with Gasteiger partial charge in [-0.1, -0.05) is 19.1 Å². The first-order valence-corrected chi connectivity index (χ1v) is 11.2. The number of nitrogens with one attached hydrogen (secondary N) is 2. The standard InChI is InChI=1S/C18H20N4O3S2/c1-10-8-14(12-6-7-12)20-17(19-10)21-18(23)22-27(24,25)15-5-3-4-13-9-11(2)26-16(13)15/h3-5,8,11-12H,6-7,9H2,1-2H3,(H2,19,20,21,22,23). The minimum absolute atomic E-state index is 0.117. The molecule has 9 heteroatoms. The van der Waals surface area contributed by atoms with Gasteiger partial charge in [-0.15, -0.1) is 11.8 Å². The summed E-state index contributed by atoms with van der Waals surface area (Å²) >= 11 is 1.51. The van der Waals surface area contributed by atoms with E-state index >= 15 is 0 Å². The second-order valence-corrected chi connectivity index (χ2v) is 10.1. The molecule has 2 aliphatic rings. The van der Waals surface area contributed by atoms with Gasteiger partial charge in [0, 0.05) is 27.5 Å². The maximum Gasteiger partial charge on any atom is 0.335 e. The lowest BCUT2D eigenvalue weighted by Gasteiger charge is -2.11. The number of amides is 2. The number of carbonyl (C=O) groups is 1. The van der Waals surface area contributed by atoms with E-state index in [0.29, 0.717) is 16.1 Å². The van der Waals surface area contributed by atoms with Crippen LogP contribution in [0.1, 0.15) is 42.6 Å². The van der Waals surface area contributed by atoms with E-state index in [9.17, 15) is 13.2 Å². The number of sulfonamides is 1. The van der Waals surface area contributed by atoms with Gasteiger partial charge in [0.1, 0.15) is 4.90 Å². The van der Waals surface area contributed by atoms with E-state index in [4.69, 9.17) is 0 Å². The molecule has 2 heterocycles. The van der Waals surface area contributed by atoms with Gasteiger partial charge in [-0.3, -0.25) is 5.32 Å². The Bertz CT molecular complexity index is 1020. The van der Waals surface area contributed by atoms with Gasteiger partial charge in [0.25, 0.3) is 10.0 Å².